The van der Waals surface area contributed by atoms with Crippen LogP contribution in [-0.2, 0) is 38.1 Å². The number of fused-ring (bicyclic) bond motifs is 7. The Morgan fingerprint density at radius 2 is 1.26 bits per heavy atom. The van der Waals surface area contributed by atoms with E-state index in [9.17, 15) is 19.2 Å². The van der Waals surface area contributed by atoms with E-state index in [0.29, 0.717) is 24.7 Å². The van der Waals surface area contributed by atoms with Gasteiger partial charge in [0.1, 0.15) is 24.9 Å². The van der Waals surface area contributed by atoms with E-state index in [2.05, 4.69) is 54.5 Å². The maximum absolute atomic E-state index is 12.9. The lowest BCUT2D eigenvalue weighted by Crippen LogP contribution is -2.70. The topological polar surface area (TPSA) is 105 Å². The molecule has 0 amide bonds. The van der Waals surface area contributed by atoms with Crippen LogP contribution < -0.4 is 0 Å². The molecule has 5 rings (SSSR count). The molecule has 4 fully saturated rings. The van der Waals surface area contributed by atoms with Crippen molar-refractivity contribution in [3.63, 3.8) is 0 Å². The summed E-state index contributed by atoms with van der Waals surface area (Å²) < 4.78 is 24.2. The van der Waals surface area contributed by atoms with E-state index in [-0.39, 0.29) is 63.6 Å². The van der Waals surface area contributed by atoms with Crippen molar-refractivity contribution >= 4 is 23.9 Å². The number of hydrogen-bond acceptors (Lipinski definition) is 8. The molecule has 5 aliphatic carbocycles. The lowest BCUT2D eigenvalue weighted by Gasteiger charge is -2.72. The van der Waals surface area contributed by atoms with Crippen molar-refractivity contribution in [3.8, 4) is 0 Å². The molecule has 0 saturated heterocycles. The van der Waals surface area contributed by atoms with Gasteiger partial charge >= 0.3 is 23.9 Å². The highest BCUT2D eigenvalue weighted by atomic mass is 16.6. The fraction of sp³-hybridized carbons (Fsp3) is 0.842. The lowest BCUT2D eigenvalue weighted by molar-refractivity contribution is -0.247. The van der Waals surface area contributed by atoms with Crippen LogP contribution in [0.4, 0.5) is 0 Å². The molecular formula is C38H58O8. The molecule has 10 atom stereocenters. The summed E-state index contributed by atoms with van der Waals surface area (Å²) in [6.07, 6.45) is 7.98. The van der Waals surface area contributed by atoms with Crippen LogP contribution in [0.5, 0.6) is 0 Å². The van der Waals surface area contributed by atoms with E-state index in [0.717, 1.165) is 38.5 Å². The first-order valence-corrected chi connectivity index (χ1v) is 17.5. The fourth-order valence-corrected chi connectivity index (χ4v) is 12.2. The van der Waals surface area contributed by atoms with Gasteiger partial charge in [-0.1, -0.05) is 60.1 Å². The number of rotatable bonds is 5. The molecule has 0 aromatic heterocycles. The maximum atomic E-state index is 12.9. The summed E-state index contributed by atoms with van der Waals surface area (Å²) in [4.78, 5) is 49.9. The number of allylic oxidation sites excluding steroid dienone is 2. The van der Waals surface area contributed by atoms with Gasteiger partial charge in [0.2, 0.25) is 0 Å². The van der Waals surface area contributed by atoms with E-state index in [1.807, 2.05) is 0 Å². The van der Waals surface area contributed by atoms with Crippen LogP contribution in [0, 0.1) is 50.2 Å². The Hall–Kier alpha value is -2.38. The summed E-state index contributed by atoms with van der Waals surface area (Å²) >= 11 is 0. The second-order valence-electron chi connectivity index (χ2n) is 17.7. The van der Waals surface area contributed by atoms with Gasteiger partial charge in [-0.05, 0) is 90.8 Å². The normalized spacial score (nSPS) is 43.7. The molecule has 0 bridgehead atoms. The van der Waals surface area contributed by atoms with Crippen LogP contribution in [-0.4, -0.2) is 48.8 Å². The average Bonchev–Trinajstić information content (AvgIpc) is 2.89. The molecule has 4 saturated carbocycles. The van der Waals surface area contributed by atoms with Gasteiger partial charge < -0.3 is 18.9 Å². The third kappa shape index (κ3) is 5.23. The van der Waals surface area contributed by atoms with Gasteiger partial charge in [-0.2, -0.15) is 0 Å². The van der Waals surface area contributed by atoms with Crippen molar-refractivity contribution < 1.29 is 38.1 Å². The van der Waals surface area contributed by atoms with Gasteiger partial charge in [-0.15, -0.1) is 0 Å². The van der Waals surface area contributed by atoms with Crippen LogP contribution in [0.2, 0.25) is 0 Å². The molecule has 5 aliphatic rings. The Morgan fingerprint density at radius 1 is 0.696 bits per heavy atom. The summed E-state index contributed by atoms with van der Waals surface area (Å²) in [7, 11) is 0. The van der Waals surface area contributed by atoms with Gasteiger partial charge in [0.05, 0.1) is 5.41 Å². The van der Waals surface area contributed by atoms with E-state index in [1.165, 1.54) is 33.3 Å². The second-order valence-corrected chi connectivity index (χ2v) is 17.7. The van der Waals surface area contributed by atoms with Crippen LogP contribution >= 0.6 is 0 Å². The molecule has 0 aliphatic heterocycles. The maximum Gasteiger partial charge on any atom is 0.302 e. The highest BCUT2D eigenvalue weighted by Crippen LogP contribution is 2.76. The Morgan fingerprint density at radius 3 is 1.83 bits per heavy atom. The Labute approximate surface area is 276 Å². The van der Waals surface area contributed by atoms with E-state index in [4.69, 9.17) is 18.9 Å². The molecule has 0 aromatic carbocycles. The average molecular weight is 643 g/mol. The molecule has 0 unspecified atom stereocenters. The molecule has 8 heteroatoms. The quantitative estimate of drug-likeness (QED) is 0.174. The van der Waals surface area contributed by atoms with Crippen molar-refractivity contribution in [1.29, 1.82) is 0 Å². The number of esters is 4. The first-order valence-electron chi connectivity index (χ1n) is 17.5. The Kier molecular flexibility index (Phi) is 8.63. The standard InChI is InChI=1S/C38H58O8/c1-22(39)43-21-38-27(18-33(5,6)19-31(38)45-24(3)41)26-12-13-29-35(9)16-15-30(44-23(2)40)34(7,8)28(35)14-17-36(29,10)37(26,11)20-32(38)46-25(4)42/h12,27-32H,13-21H2,1-11H3/t27-,28-,29+,30-,31-,32-,35-,36+,37+,38+/m0/s1. The summed E-state index contributed by atoms with van der Waals surface area (Å²) in [5, 5.41) is 0. The third-order valence-corrected chi connectivity index (χ3v) is 14.2. The summed E-state index contributed by atoms with van der Waals surface area (Å²) in [6.45, 7) is 22.2. The highest BCUT2D eigenvalue weighted by Gasteiger charge is 2.73. The van der Waals surface area contributed by atoms with Crippen LogP contribution in [0.3, 0.4) is 0 Å². The van der Waals surface area contributed by atoms with E-state index >= 15 is 0 Å². The third-order valence-electron chi connectivity index (χ3n) is 14.2. The molecule has 0 aromatic rings. The molecule has 46 heavy (non-hydrogen) atoms. The van der Waals surface area contributed by atoms with Gasteiger partial charge in [0.25, 0.3) is 0 Å². The van der Waals surface area contributed by atoms with Crippen molar-refractivity contribution in [2.24, 2.45) is 50.2 Å². The molecule has 8 nitrogen and oxygen atoms in total. The SMILES string of the molecule is CC(=O)OC[C@]12[C@@H](OC(C)=O)CC(C)(C)C[C@H]1C1=CC[C@@H]3[C@@]4(C)CC[C@H](OC(C)=O)C(C)(C)[C@@H]4CC[C@@]3(C)[C@]1(C)C[C@@H]2OC(C)=O. The van der Waals surface area contributed by atoms with Gasteiger partial charge in [-0.3, -0.25) is 19.2 Å². The fourth-order valence-electron chi connectivity index (χ4n) is 12.2. The minimum absolute atomic E-state index is 0.0258. The van der Waals surface area contributed by atoms with E-state index < -0.39 is 23.6 Å². The van der Waals surface area contributed by atoms with Crippen LogP contribution in [0.1, 0.15) is 128 Å². The number of carbonyl (C=O) groups is 4. The Bertz CT molecular complexity index is 1310. The second kappa shape index (κ2) is 11.4. The zero-order valence-corrected chi connectivity index (χ0v) is 30.2. The van der Waals surface area contributed by atoms with Crippen molar-refractivity contribution in [2.45, 2.75) is 146 Å². The zero-order valence-electron chi connectivity index (χ0n) is 30.2. The lowest BCUT2D eigenvalue weighted by atomic mass is 9.33. The molecular weight excluding hydrogens is 584 g/mol. The zero-order chi connectivity index (χ0) is 34.3. The molecule has 0 radical (unpaired) electrons. The van der Waals surface area contributed by atoms with Gasteiger partial charge in [0, 0.05) is 33.1 Å². The minimum atomic E-state index is -0.891. The first-order chi connectivity index (χ1) is 21.1. The van der Waals surface area contributed by atoms with Crippen LogP contribution in [0.25, 0.3) is 0 Å². The molecule has 0 N–H and O–H groups in total. The highest BCUT2D eigenvalue weighted by molar-refractivity contribution is 5.68. The Balaban J connectivity index is 1.66. The number of hydrogen-bond donors (Lipinski definition) is 0. The van der Waals surface area contributed by atoms with Gasteiger partial charge in [-0.25, -0.2) is 0 Å². The number of ether oxygens (including phenoxy) is 4. The summed E-state index contributed by atoms with van der Waals surface area (Å²) in [6, 6.07) is 0. The number of carbonyl (C=O) groups excluding carboxylic acids is 4. The summed E-state index contributed by atoms with van der Waals surface area (Å²) in [5.41, 5.74) is -0.226. The predicted molar refractivity (Wildman–Crippen MR) is 173 cm³/mol. The van der Waals surface area contributed by atoms with Gasteiger partial charge in [0.15, 0.2) is 0 Å². The smallest absolute Gasteiger partial charge is 0.302 e. The largest absolute Gasteiger partial charge is 0.465 e. The van der Waals surface area contributed by atoms with Crippen LogP contribution in [0.15, 0.2) is 11.6 Å². The summed E-state index contributed by atoms with van der Waals surface area (Å²) in [5.74, 6) is -0.718. The predicted octanol–water partition coefficient (Wildman–Crippen LogP) is 7.37. The van der Waals surface area contributed by atoms with Crippen molar-refractivity contribution in [2.75, 3.05) is 6.61 Å². The van der Waals surface area contributed by atoms with Crippen molar-refractivity contribution in [3.05, 3.63) is 11.6 Å². The monoisotopic (exact) mass is 642 g/mol. The van der Waals surface area contributed by atoms with E-state index in [1.54, 1.807) is 0 Å². The molecule has 0 heterocycles. The first kappa shape index (κ1) is 34.9. The minimum Gasteiger partial charge on any atom is -0.465 e. The molecule has 258 valence electrons. The molecule has 0 spiro atoms. The van der Waals surface area contributed by atoms with Crippen molar-refractivity contribution in [1.82, 2.24) is 0 Å².